The molecule has 110 valence electrons. The van der Waals surface area contributed by atoms with E-state index in [1.807, 2.05) is 5.51 Å². The zero-order valence-electron chi connectivity index (χ0n) is 12.6. The van der Waals surface area contributed by atoms with E-state index in [1.165, 1.54) is 42.9 Å². The minimum Gasteiger partial charge on any atom is -0.298 e. The van der Waals surface area contributed by atoms with Gasteiger partial charge in [0.2, 0.25) is 0 Å². The van der Waals surface area contributed by atoms with Crippen molar-refractivity contribution >= 4 is 11.3 Å². The summed E-state index contributed by atoms with van der Waals surface area (Å²) in [7, 11) is 0. The van der Waals surface area contributed by atoms with Crippen LogP contribution < -0.4 is 0 Å². The highest BCUT2D eigenvalue weighted by molar-refractivity contribution is 7.09. The van der Waals surface area contributed by atoms with Crippen LogP contribution >= 0.6 is 11.3 Å². The lowest BCUT2D eigenvalue weighted by atomic mass is 9.61. The summed E-state index contributed by atoms with van der Waals surface area (Å²) in [5, 5.41) is 0. The highest BCUT2D eigenvalue weighted by atomic mass is 32.1. The average Bonchev–Trinajstić information content (AvgIpc) is 2.88. The molecule has 1 aromatic heterocycles. The number of aromatic nitrogens is 1. The van der Waals surface area contributed by atoms with Gasteiger partial charge in [-0.1, -0.05) is 30.7 Å². The van der Waals surface area contributed by atoms with Crippen LogP contribution in [0.5, 0.6) is 0 Å². The number of benzene rings is 1. The third kappa shape index (κ3) is 2.33. The molecule has 0 unspecified atom stereocenters. The molecule has 1 aliphatic heterocycles. The zero-order valence-corrected chi connectivity index (χ0v) is 13.5. The van der Waals surface area contributed by atoms with Crippen molar-refractivity contribution in [1.82, 2.24) is 9.88 Å². The molecule has 1 spiro atoms. The van der Waals surface area contributed by atoms with Crippen LogP contribution in [0.25, 0.3) is 0 Å². The minimum absolute atomic E-state index is 0.470. The van der Waals surface area contributed by atoms with Crippen LogP contribution in [0, 0.1) is 6.92 Å². The Morgan fingerprint density at radius 1 is 1.29 bits per heavy atom. The maximum Gasteiger partial charge on any atom is 0.0797 e. The van der Waals surface area contributed by atoms with Gasteiger partial charge < -0.3 is 0 Å². The molecule has 0 saturated heterocycles. The summed E-state index contributed by atoms with van der Waals surface area (Å²) >= 11 is 1.81. The van der Waals surface area contributed by atoms with Crippen molar-refractivity contribution in [1.29, 1.82) is 0 Å². The summed E-state index contributed by atoms with van der Waals surface area (Å²) in [4.78, 5) is 8.49. The van der Waals surface area contributed by atoms with E-state index < -0.39 is 0 Å². The lowest BCUT2D eigenvalue weighted by Crippen LogP contribution is -2.50. The number of aryl methyl sites for hydroxylation is 1. The molecule has 0 radical (unpaired) electrons. The van der Waals surface area contributed by atoms with E-state index in [0.717, 1.165) is 13.0 Å². The first-order valence-electron chi connectivity index (χ1n) is 7.97. The Kier molecular flexibility index (Phi) is 3.35. The van der Waals surface area contributed by atoms with E-state index in [-0.39, 0.29) is 0 Å². The van der Waals surface area contributed by atoms with Crippen LogP contribution in [0.4, 0.5) is 0 Å². The Balaban J connectivity index is 1.52. The predicted octanol–water partition coefficient (Wildman–Crippen LogP) is 3.93. The molecular formula is C18H22N2S. The van der Waals surface area contributed by atoms with E-state index in [0.29, 0.717) is 5.41 Å². The van der Waals surface area contributed by atoms with Gasteiger partial charge in [0.1, 0.15) is 0 Å². The molecule has 21 heavy (non-hydrogen) atoms. The Morgan fingerprint density at radius 2 is 2.14 bits per heavy atom. The molecule has 1 fully saturated rings. The van der Waals surface area contributed by atoms with Crippen molar-refractivity contribution in [3.05, 3.63) is 51.5 Å². The average molecular weight is 298 g/mol. The van der Waals surface area contributed by atoms with Gasteiger partial charge in [0.25, 0.3) is 0 Å². The zero-order chi connectivity index (χ0) is 14.3. The minimum atomic E-state index is 0.470. The van der Waals surface area contributed by atoms with Crippen LogP contribution in [0.15, 0.2) is 29.8 Å². The molecule has 2 nitrogen and oxygen atoms in total. The summed E-state index contributed by atoms with van der Waals surface area (Å²) < 4.78 is 0. The highest BCUT2D eigenvalue weighted by Gasteiger charge is 2.43. The van der Waals surface area contributed by atoms with E-state index in [4.69, 9.17) is 0 Å². The number of hydrogen-bond acceptors (Lipinski definition) is 3. The largest absolute Gasteiger partial charge is 0.298 e. The second kappa shape index (κ2) is 5.22. The van der Waals surface area contributed by atoms with Gasteiger partial charge >= 0.3 is 0 Å². The number of nitrogens with zero attached hydrogens (tertiary/aromatic N) is 2. The fraction of sp³-hybridized carbons (Fsp3) is 0.500. The fourth-order valence-corrected chi connectivity index (χ4v) is 4.77. The lowest BCUT2D eigenvalue weighted by Gasteiger charge is -2.50. The molecule has 1 aromatic carbocycles. The third-order valence-electron chi connectivity index (χ3n) is 5.32. The topological polar surface area (TPSA) is 16.1 Å². The Hall–Kier alpha value is -1.19. The molecule has 2 aliphatic rings. The van der Waals surface area contributed by atoms with Crippen LogP contribution in [0.1, 0.15) is 41.0 Å². The Morgan fingerprint density at radius 3 is 2.86 bits per heavy atom. The number of thiazole rings is 1. The molecule has 0 bridgehead atoms. The first-order valence-corrected chi connectivity index (χ1v) is 8.85. The first kappa shape index (κ1) is 13.5. The Bertz CT molecular complexity index is 642. The maximum absolute atomic E-state index is 4.37. The van der Waals surface area contributed by atoms with Crippen LogP contribution in [0.3, 0.4) is 0 Å². The van der Waals surface area contributed by atoms with Gasteiger partial charge in [0.15, 0.2) is 0 Å². The van der Waals surface area contributed by atoms with Crippen molar-refractivity contribution < 1.29 is 0 Å². The number of hydrogen-bond donors (Lipinski definition) is 0. The summed E-state index contributed by atoms with van der Waals surface area (Å²) in [6.45, 7) is 5.67. The van der Waals surface area contributed by atoms with E-state index in [1.54, 1.807) is 22.5 Å². The lowest BCUT2D eigenvalue weighted by molar-refractivity contribution is 0.115. The second-order valence-corrected chi connectivity index (χ2v) is 7.55. The first-order chi connectivity index (χ1) is 10.3. The quantitative estimate of drug-likeness (QED) is 0.853. The molecule has 0 amide bonds. The van der Waals surface area contributed by atoms with Crippen LogP contribution in [-0.2, 0) is 18.4 Å². The standard InChI is InChI=1S/C18H22N2S/c1-14-17(21-13-19-14)7-10-20-11-15-5-2-3-6-16(15)18(12-20)8-4-9-18/h2-3,5-6,13H,4,7-12H2,1H3. The second-order valence-electron chi connectivity index (χ2n) is 6.61. The van der Waals surface area contributed by atoms with Crippen LogP contribution in [-0.4, -0.2) is 23.0 Å². The summed E-state index contributed by atoms with van der Waals surface area (Å²) in [6.07, 6.45) is 5.30. The van der Waals surface area contributed by atoms with Gasteiger partial charge in [0.05, 0.1) is 11.2 Å². The molecule has 0 atom stereocenters. The van der Waals surface area contributed by atoms with Gasteiger partial charge in [-0.15, -0.1) is 11.3 Å². The molecule has 4 rings (SSSR count). The van der Waals surface area contributed by atoms with E-state index in [2.05, 4.69) is 41.1 Å². The monoisotopic (exact) mass is 298 g/mol. The molecule has 0 N–H and O–H groups in total. The van der Waals surface area contributed by atoms with E-state index in [9.17, 15) is 0 Å². The number of rotatable bonds is 3. The molecule has 1 aliphatic carbocycles. The SMILES string of the molecule is Cc1ncsc1CCN1Cc2ccccc2C2(CCC2)C1. The van der Waals surface area contributed by atoms with Crippen molar-refractivity contribution in [3.63, 3.8) is 0 Å². The summed E-state index contributed by atoms with van der Waals surface area (Å²) in [5.41, 5.74) is 6.86. The molecular weight excluding hydrogens is 276 g/mol. The molecule has 1 saturated carbocycles. The van der Waals surface area contributed by atoms with E-state index >= 15 is 0 Å². The van der Waals surface area contributed by atoms with Crippen molar-refractivity contribution in [3.8, 4) is 0 Å². The number of fused-ring (bicyclic) bond motifs is 2. The molecule has 2 aromatic rings. The molecule has 3 heteroatoms. The van der Waals surface area contributed by atoms with Crippen molar-refractivity contribution in [2.75, 3.05) is 13.1 Å². The fourth-order valence-electron chi connectivity index (χ4n) is 4.00. The van der Waals surface area contributed by atoms with Crippen LogP contribution in [0.2, 0.25) is 0 Å². The smallest absolute Gasteiger partial charge is 0.0797 e. The predicted molar refractivity (Wildman–Crippen MR) is 87.8 cm³/mol. The summed E-state index contributed by atoms with van der Waals surface area (Å²) in [5.74, 6) is 0. The van der Waals surface area contributed by atoms with Gasteiger partial charge in [-0.3, -0.25) is 4.90 Å². The normalized spacial score (nSPS) is 20.2. The highest BCUT2D eigenvalue weighted by Crippen LogP contribution is 2.48. The molecule has 2 heterocycles. The van der Waals surface area contributed by atoms with Crippen molar-refractivity contribution in [2.24, 2.45) is 0 Å². The third-order valence-corrected chi connectivity index (χ3v) is 6.31. The maximum atomic E-state index is 4.37. The van der Waals surface area contributed by atoms with Crippen molar-refractivity contribution in [2.45, 2.75) is 44.6 Å². The van der Waals surface area contributed by atoms with Gasteiger partial charge in [-0.2, -0.15) is 0 Å². The van der Waals surface area contributed by atoms with Gasteiger partial charge in [-0.25, -0.2) is 4.98 Å². The Labute approximate surface area is 130 Å². The summed E-state index contributed by atoms with van der Waals surface area (Å²) in [6, 6.07) is 9.12. The van der Waals surface area contributed by atoms with Gasteiger partial charge in [0, 0.05) is 29.9 Å². The van der Waals surface area contributed by atoms with Gasteiger partial charge in [-0.05, 0) is 37.3 Å².